The Morgan fingerprint density at radius 1 is 1.64 bits per heavy atom. The monoisotopic (exact) mass is 199 g/mol. The van der Waals surface area contributed by atoms with Crippen molar-refractivity contribution >= 4 is 11.8 Å². The van der Waals surface area contributed by atoms with Gasteiger partial charge in [-0.05, 0) is 26.2 Å². The summed E-state index contributed by atoms with van der Waals surface area (Å²) in [6.45, 7) is 2.30. The first-order chi connectivity index (χ1) is 6.61. The van der Waals surface area contributed by atoms with Gasteiger partial charge in [-0.2, -0.15) is 0 Å². The Labute approximate surface area is 83.4 Å². The van der Waals surface area contributed by atoms with Crippen LogP contribution >= 0.6 is 0 Å². The Bertz CT molecular complexity index is 228. The van der Waals surface area contributed by atoms with Crippen LogP contribution in [-0.4, -0.2) is 30.4 Å². The number of nitrogens with one attached hydrogen (secondary N) is 2. The smallest absolute Gasteiger partial charge is 0.242 e. The molecule has 1 fully saturated rings. The second-order valence-electron chi connectivity index (χ2n) is 3.64. The molecular weight excluding hydrogens is 182 g/mol. The Morgan fingerprint density at radius 3 is 3.00 bits per heavy atom. The van der Waals surface area contributed by atoms with Crippen LogP contribution in [0, 0.1) is 0 Å². The number of carbonyl (C=O) groups is 2. The molecule has 14 heavy (non-hydrogen) atoms. The predicted octanol–water partition coefficient (Wildman–Crippen LogP) is -0.881. The van der Waals surface area contributed by atoms with Crippen LogP contribution in [0.25, 0.3) is 0 Å². The Balaban J connectivity index is 2.48. The summed E-state index contributed by atoms with van der Waals surface area (Å²) >= 11 is 0. The second kappa shape index (κ2) is 4.95. The van der Waals surface area contributed by atoms with Crippen molar-refractivity contribution < 1.29 is 9.59 Å². The maximum atomic E-state index is 11.4. The van der Waals surface area contributed by atoms with Crippen molar-refractivity contribution in [2.24, 2.45) is 5.73 Å². The summed E-state index contributed by atoms with van der Waals surface area (Å²) in [7, 11) is 0. The van der Waals surface area contributed by atoms with Gasteiger partial charge < -0.3 is 16.4 Å². The van der Waals surface area contributed by atoms with Gasteiger partial charge in [0.2, 0.25) is 11.8 Å². The fourth-order valence-electron chi connectivity index (χ4n) is 1.38. The number of nitrogens with two attached hydrogens (primary N) is 1. The van der Waals surface area contributed by atoms with E-state index in [0.717, 1.165) is 12.8 Å². The van der Waals surface area contributed by atoms with E-state index in [-0.39, 0.29) is 11.8 Å². The highest BCUT2D eigenvalue weighted by Crippen LogP contribution is 2.05. The van der Waals surface area contributed by atoms with E-state index >= 15 is 0 Å². The molecule has 4 N–H and O–H groups in total. The summed E-state index contributed by atoms with van der Waals surface area (Å²) in [5.41, 5.74) is 5.39. The van der Waals surface area contributed by atoms with Gasteiger partial charge in [0.25, 0.3) is 0 Å². The van der Waals surface area contributed by atoms with Crippen molar-refractivity contribution in [2.75, 3.05) is 6.54 Å². The van der Waals surface area contributed by atoms with Gasteiger partial charge in [0.15, 0.2) is 0 Å². The normalized spacial score (nSPS) is 24.7. The summed E-state index contributed by atoms with van der Waals surface area (Å²) in [6, 6.07) is -0.970. The molecule has 0 radical (unpaired) electrons. The molecule has 1 rings (SSSR count). The molecule has 5 heteroatoms. The SMILES string of the molecule is CC(N)C(=O)NC1CCCCNC1=O. The van der Waals surface area contributed by atoms with Crippen molar-refractivity contribution in [3.8, 4) is 0 Å². The van der Waals surface area contributed by atoms with Crippen molar-refractivity contribution in [1.82, 2.24) is 10.6 Å². The molecule has 2 atom stereocenters. The minimum Gasteiger partial charge on any atom is -0.354 e. The molecule has 0 aliphatic carbocycles. The van der Waals surface area contributed by atoms with Gasteiger partial charge >= 0.3 is 0 Å². The summed E-state index contributed by atoms with van der Waals surface area (Å²) in [5.74, 6) is -0.372. The molecule has 0 spiro atoms. The van der Waals surface area contributed by atoms with Crippen molar-refractivity contribution in [2.45, 2.75) is 38.3 Å². The van der Waals surface area contributed by atoms with Gasteiger partial charge in [-0.3, -0.25) is 9.59 Å². The molecule has 2 amide bonds. The van der Waals surface area contributed by atoms with Gasteiger partial charge in [0, 0.05) is 6.54 Å². The standard InChI is InChI=1S/C9H17N3O2/c1-6(10)8(13)12-7-4-2-3-5-11-9(7)14/h6-7H,2-5,10H2,1H3,(H,11,14)(H,12,13). The van der Waals surface area contributed by atoms with Gasteiger partial charge in [-0.15, -0.1) is 0 Å². The lowest BCUT2D eigenvalue weighted by molar-refractivity contribution is -0.129. The van der Waals surface area contributed by atoms with Crippen LogP contribution < -0.4 is 16.4 Å². The zero-order valence-electron chi connectivity index (χ0n) is 8.38. The van der Waals surface area contributed by atoms with Crippen LogP contribution in [0.2, 0.25) is 0 Å². The first kappa shape index (κ1) is 11.0. The first-order valence-corrected chi connectivity index (χ1v) is 4.95. The molecule has 5 nitrogen and oxygen atoms in total. The number of amides is 2. The van der Waals surface area contributed by atoms with Crippen molar-refractivity contribution in [3.05, 3.63) is 0 Å². The van der Waals surface area contributed by atoms with Gasteiger partial charge in [0.05, 0.1) is 6.04 Å². The summed E-state index contributed by atoms with van der Waals surface area (Å²) < 4.78 is 0. The lowest BCUT2D eigenvalue weighted by Crippen LogP contribution is -2.50. The van der Waals surface area contributed by atoms with E-state index < -0.39 is 12.1 Å². The molecule has 1 saturated heterocycles. The molecule has 1 aliphatic heterocycles. The fourth-order valence-corrected chi connectivity index (χ4v) is 1.38. The van der Waals surface area contributed by atoms with E-state index in [2.05, 4.69) is 10.6 Å². The molecule has 0 saturated carbocycles. The third-order valence-electron chi connectivity index (χ3n) is 2.27. The second-order valence-corrected chi connectivity index (χ2v) is 3.64. The number of rotatable bonds is 2. The zero-order valence-corrected chi connectivity index (χ0v) is 8.38. The van der Waals surface area contributed by atoms with Crippen LogP contribution in [0.3, 0.4) is 0 Å². The van der Waals surface area contributed by atoms with E-state index in [1.807, 2.05) is 0 Å². The highest BCUT2D eigenvalue weighted by molar-refractivity contribution is 5.89. The van der Waals surface area contributed by atoms with E-state index in [1.54, 1.807) is 6.92 Å². The molecule has 0 aromatic heterocycles. The van der Waals surface area contributed by atoms with Crippen LogP contribution in [0.4, 0.5) is 0 Å². The molecule has 1 heterocycles. The Hall–Kier alpha value is -1.10. The molecule has 0 aromatic carbocycles. The number of carbonyl (C=O) groups excluding carboxylic acids is 2. The maximum absolute atomic E-state index is 11.4. The molecule has 0 bridgehead atoms. The average Bonchev–Trinajstić information content (AvgIpc) is 2.32. The minimum atomic E-state index is -0.564. The highest BCUT2D eigenvalue weighted by atomic mass is 16.2. The third kappa shape index (κ3) is 2.99. The van der Waals surface area contributed by atoms with Crippen LogP contribution in [-0.2, 0) is 9.59 Å². The molecule has 80 valence electrons. The average molecular weight is 199 g/mol. The third-order valence-corrected chi connectivity index (χ3v) is 2.27. The molecule has 2 unspecified atom stereocenters. The van der Waals surface area contributed by atoms with Gasteiger partial charge in [0.1, 0.15) is 6.04 Å². The van der Waals surface area contributed by atoms with E-state index in [0.29, 0.717) is 13.0 Å². The predicted molar refractivity (Wildman–Crippen MR) is 52.4 cm³/mol. The molecule has 1 aliphatic rings. The maximum Gasteiger partial charge on any atom is 0.242 e. The lowest BCUT2D eigenvalue weighted by atomic mass is 10.1. The Morgan fingerprint density at radius 2 is 2.36 bits per heavy atom. The Kier molecular flexibility index (Phi) is 3.88. The van der Waals surface area contributed by atoms with E-state index in [4.69, 9.17) is 5.73 Å². The number of hydrogen-bond acceptors (Lipinski definition) is 3. The quantitative estimate of drug-likeness (QED) is 0.540. The van der Waals surface area contributed by atoms with Crippen molar-refractivity contribution in [3.63, 3.8) is 0 Å². The molecule has 0 aromatic rings. The fraction of sp³-hybridized carbons (Fsp3) is 0.778. The highest BCUT2D eigenvalue weighted by Gasteiger charge is 2.23. The molecular formula is C9H17N3O2. The largest absolute Gasteiger partial charge is 0.354 e. The summed E-state index contributed by atoms with van der Waals surface area (Å²) in [5, 5.41) is 5.38. The summed E-state index contributed by atoms with van der Waals surface area (Å²) in [4.78, 5) is 22.7. The van der Waals surface area contributed by atoms with Gasteiger partial charge in [-0.1, -0.05) is 0 Å². The van der Waals surface area contributed by atoms with Crippen molar-refractivity contribution in [1.29, 1.82) is 0 Å². The topological polar surface area (TPSA) is 84.2 Å². The lowest BCUT2D eigenvalue weighted by Gasteiger charge is -2.16. The first-order valence-electron chi connectivity index (χ1n) is 4.95. The minimum absolute atomic E-state index is 0.100. The summed E-state index contributed by atoms with van der Waals surface area (Å²) in [6.07, 6.45) is 2.61. The van der Waals surface area contributed by atoms with E-state index in [9.17, 15) is 9.59 Å². The van der Waals surface area contributed by atoms with Crippen LogP contribution in [0.1, 0.15) is 26.2 Å². The van der Waals surface area contributed by atoms with Gasteiger partial charge in [-0.25, -0.2) is 0 Å². The van der Waals surface area contributed by atoms with E-state index in [1.165, 1.54) is 0 Å². The van der Waals surface area contributed by atoms with Crippen LogP contribution in [0.5, 0.6) is 0 Å². The zero-order chi connectivity index (χ0) is 10.6. The number of hydrogen-bond donors (Lipinski definition) is 3. The van der Waals surface area contributed by atoms with Crippen LogP contribution in [0.15, 0.2) is 0 Å².